The number of hydrogen-bond donors (Lipinski definition) is 0. The van der Waals surface area contributed by atoms with Gasteiger partial charge in [0.15, 0.2) is 5.78 Å². The molecule has 2 atom stereocenters. The summed E-state index contributed by atoms with van der Waals surface area (Å²) in [6, 6.07) is 0.511. The second-order valence-electron chi connectivity index (χ2n) is 7.50. The minimum Gasteiger partial charge on any atom is -0.300 e. The number of Topliss-reactive ketones (excluding diaryl/α,β-unsaturated/α-hetero) is 1. The summed E-state index contributed by atoms with van der Waals surface area (Å²) in [6.07, 6.45) is -5.66. The second kappa shape index (κ2) is 7.86. The maximum Gasteiger partial charge on any atom is 0.417 e. The minimum atomic E-state index is -5.11. The van der Waals surface area contributed by atoms with Crippen LogP contribution in [-0.4, -0.2) is 29.8 Å². The molecule has 2 aliphatic rings. The number of benzene rings is 1. The van der Waals surface area contributed by atoms with Crippen LogP contribution in [0.3, 0.4) is 0 Å². The molecule has 2 nitrogen and oxygen atoms in total. The molecular formula is C19H20ClF6NO. The molecule has 1 aromatic rings. The van der Waals surface area contributed by atoms with Crippen molar-refractivity contribution in [1.82, 2.24) is 4.90 Å². The Kier molecular flexibility index (Phi) is 6.01. The van der Waals surface area contributed by atoms with E-state index in [2.05, 4.69) is 4.90 Å². The molecule has 9 heteroatoms. The fourth-order valence-electron chi connectivity index (χ4n) is 4.43. The van der Waals surface area contributed by atoms with E-state index in [0.29, 0.717) is 12.5 Å². The van der Waals surface area contributed by atoms with Crippen molar-refractivity contribution in [2.75, 3.05) is 13.1 Å². The molecule has 0 N–H and O–H groups in total. The zero-order chi connectivity index (χ0) is 20.7. The average molecular weight is 428 g/mol. The fourth-order valence-corrected chi connectivity index (χ4v) is 4.75. The smallest absolute Gasteiger partial charge is 0.300 e. The molecule has 1 heterocycles. The quantitative estimate of drug-likeness (QED) is 0.420. The molecule has 0 bridgehead atoms. The summed E-state index contributed by atoms with van der Waals surface area (Å²) < 4.78 is 78.9. The first-order valence-corrected chi connectivity index (χ1v) is 9.61. The van der Waals surface area contributed by atoms with Gasteiger partial charge in [-0.05, 0) is 56.8 Å². The highest BCUT2D eigenvalue weighted by Crippen LogP contribution is 2.42. The second-order valence-corrected chi connectivity index (χ2v) is 7.91. The lowest BCUT2D eigenvalue weighted by Gasteiger charge is -2.29. The number of hydrogen-bond acceptors (Lipinski definition) is 2. The van der Waals surface area contributed by atoms with Crippen LogP contribution >= 0.6 is 11.6 Å². The van der Waals surface area contributed by atoms with Gasteiger partial charge >= 0.3 is 12.4 Å². The van der Waals surface area contributed by atoms with Crippen molar-refractivity contribution in [3.8, 4) is 0 Å². The van der Waals surface area contributed by atoms with Crippen LogP contribution in [-0.2, 0) is 12.4 Å². The number of nitrogens with zero attached hydrogens (tertiary/aromatic N) is 1. The van der Waals surface area contributed by atoms with Crippen molar-refractivity contribution in [3.05, 3.63) is 33.8 Å². The standard InChI is InChI=1S/C19H20ClF6NO/c20-14-10-12(18(21,22)23)9-13(19(24,25)26)17(14)16(28)8-11-4-3-5-15(11)27-6-1-2-7-27/h9-11,15H,1-8H2/t11-,15-/m1/s1. The Hall–Kier alpha value is -1.28. The van der Waals surface area contributed by atoms with Crippen molar-refractivity contribution < 1.29 is 31.1 Å². The van der Waals surface area contributed by atoms with Crippen molar-refractivity contribution in [2.45, 2.75) is 56.9 Å². The summed E-state index contributed by atoms with van der Waals surface area (Å²) in [6.45, 7) is 1.81. The van der Waals surface area contributed by atoms with E-state index in [4.69, 9.17) is 11.6 Å². The fraction of sp³-hybridized carbons (Fsp3) is 0.632. The zero-order valence-corrected chi connectivity index (χ0v) is 15.7. The van der Waals surface area contributed by atoms with Crippen LogP contribution in [0.25, 0.3) is 0 Å². The molecule has 1 saturated carbocycles. The summed E-state index contributed by atoms with van der Waals surface area (Å²) in [5.74, 6) is -0.952. The molecule has 1 aromatic carbocycles. The van der Waals surface area contributed by atoms with Crippen LogP contribution in [0.5, 0.6) is 0 Å². The maximum absolute atomic E-state index is 13.4. The van der Waals surface area contributed by atoms with Crippen LogP contribution in [0.1, 0.15) is 60.0 Å². The van der Waals surface area contributed by atoms with Crippen molar-refractivity contribution in [1.29, 1.82) is 0 Å². The number of ketones is 1. The van der Waals surface area contributed by atoms with Crippen LogP contribution in [0.2, 0.25) is 5.02 Å². The van der Waals surface area contributed by atoms with E-state index in [9.17, 15) is 31.1 Å². The lowest BCUT2D eigenvalue weighted by Crippen LogP contribution is -2.36. The molecule has 1 saturated heterocycles. The Balaban J connectivity index is 1.90. The van der Waals surface area contributed by atoms with Gasteiger partial charge < -0.3 is 4.90 Å². The Morgan fingerprint density at radius 2 is 1.64 bits per heavy atom. The van der Waals surface area contributed by atoms with Crippen LogP contribution in [0.15, 0.2) is 12.1 Å². The third-order valence-electron chi connectivity index (χ3n) is 5.68. The molecule has 0 radical (unpaired) electrons. The number of rotatable bonds is 4. The highest BCUT2D eigenvalue weighted by atomic mass is 35.5. The number of carbonyl (C=O) groups excluding carboxylic acids is 1. The zero-order valence-electron chi connectivity index (χ0n) is 15.0. The molecular weight excluding hydrogens is 408 g/mol. The maximum atomic E-state index is 13.4. The minimum absolute atomic E-state index is 0.0221. The van der Waals surface area contributed by atoms with Gasteiger partial charge in [-0.2, -0.15) is 26.3 Å². The van der Waals surface area contributed by atoms with Gasteiger partial charge in [0.05, 0.1) is 16.1 Å². The molecule has 1 aliphatic heterocycles. The van der Waals surface area contributed by atoms with Crippen molar-refractivity contribution >= 4 is 17.4 Å². The summed E-state index contributed by atoms with van der Waals surface area (Å²) >= 11 is 5.76. The predicted octanol–water partition coefficient (Wildman–Crippen LogP) is 6.21. The number of halogens is 7. The van der Waals surface area contributed by atoms with Gasteiger partial charge in [-0.1, -0.05) is 18.0 Å². The van der Waals surface area contributed by atoms with E-state index < -0.39 is 39.8 Å². The SMILES string of the molecule is O=C(C[C@H]1CCC[C@H]1N1CCCC1)c1c(Cl)cc(C(F)(F)F)cc1C(F)(F)F. The third kappa shape index (κ3) is 4.48. The molecule has 0 amide bonds. The van der Waals surface area contributed by atoms with E-state index >= 15 is 0 Å². The summed E-state index contributed by atoms with van der Waals surface area (Å²) in [5.41, 5.74) is -3.99. The first-order chi connectivity index (χ1) is 13.0. The van der Waals surface area contributed by atoms with Gasteiger partial charge in [0.25, 0.3) is 0 Å². The third-order valence-corrected chi connectivity index (χ3v) is 5.98. The van der Waals surface area contributed by atoms with Crippen LogP contribution in [0.4, 0.5) is 26.3 Å². The molecule has 0 unspecified atom stereocenters. The molecule has 0 aromatic heterocycles. The molecule has 0 spiro atoms. The van der Waals surface area contributed by atoms with Crippen molar-refractivity contribution in [3.63, 3.8) is 0 Å². The molecule has 156 valence electrons. The van der Waals surface area contributed by atoms with E-state index in [0.717, 1.165) is 38.8 Å². The van der Waals surface area contributed by atoms with Crippen LogP contribution < -0.4 is 0 Å². The van der Waals surface area contributed by atoms with Gasteiger partial charge in [-0.25, -0.2) is 0 Å². The predicted molar refractivity (Wildman–Crippen MR) is 92.3 cm³/mol. The summed E-state index contributed by atoms with van der Waals surface area (Å²) in [4.78, 5) is 15.0. The summed E-state index contributed by atoms with van der Waals surface area (Å²) in [5, 5.41) is -0.803. The lowest BCUT2D eigenvalue weighted by molar-refractivity contribution is -0.143. The highest BCUT2D eigenvalue weighted by molar-refractivity contribution is 6.34. The van der Waals surface area contributed by atoms with Gasteiger partial charge in [-0.3, -0.25) is 4.79 Å². The number of alkyl halides is 6. The van der Waals surface area contributed by atoms with Gasteiger partial charge in [0, 0.05) is 18.0 Å². The van der Waals surface area contributed by atoms with Gasteiger partial charge in [0.1, 0.15) is 0 Å². The number of carbonyl (C=O) groups is 1. The summed E-state index contributed by atoms with van der Waals surface area (Å²) in [7, 11) is 0. The Bertz CT molecular complexity index is 739. The van der Waals surface area contributed by atoms with Crippen molar-refractivity contribution in [2.24, 2.45) is 5.92 Å². The Morgan fingerprint density at radius 3 is 2.21 bits per heavy atom. The normalized spacial score (nSPS) is 24.1. The van der Waals surface area contributed by atoms with Gasteiger partial charge in [0.2, 0.25) is 0 Å². The first kappa shape index (κ1) is 21.4. The highest BCUT2D eigenvalue weighted by Gasteiger charge is 2.42. The Morgan fingerprint density at radius 1 is 1.00 bits per heavy atom. The van der Waals surface area contributed by atoms with Crippen LogP contribution in [0, 0.1) is 5.92 Å². The van der Waals surface area contributed by atoms with E-state index in [1.54, 1.807) is 0 Å². The Labute approximate surface area is 163 Å². The largest absolute Gasteiger partial charge is 0.417 e. The molecule has 2 fully saturated rings. The van der Waals surface area contributed by atoms with E-state index in [1.165, 1.54) is 0 Å². The average Bonchev–Trinajstić information content (AvgIpc) is 3.23. The molecule has 3 rings (SSSR count). The molecule has 1 aliphatic carbocycles. The first-order valence-electron chi connectivity index (χ1n) is 9.23. The monoisotopic (exact) mass is 427 g/mol. The topological polar surface area (TPSA) is 20.3 Å². The lowest BCUT2D eigenvalue weighted by atomic mass is 9.90. The molecule has 28 heavy (non-hydrogen) atoms. The number of likely N-dealkylation sites (tertiary alicyclic amines) is 1. The van der Waals surface area contributed by atoms with E-state index in [-0.39, 0.29) is 24.4 Å². The van der Waals surface area contributed by atoms with Gasteiger partial charge in [-0.15, -0.1) is 0 Å². The van der Waals surface area contributed by atoms with E-state index in [1.807, 2.05) is 0 Å².